The first-order chi connectivity index (χ1) is 8.24. The normalized spacial score (nSPS) is 25.4. The Morgan fingerprint density at radius 2 is 2.00 bits per heavy atom. The molecule has 2 heteroatoms. The van der Waals surface area contributed by atoms with E-state index in [1.165, 1.54) is 58.0 Å². The molecule has 0 aromatic carbocycles. The van der Waals surface area contributed by atoms with E-state index in [-0.39, 0.29) is 0 Å². The molecule has 2 atom stereocenters. The summed E-state index contributed by atoms with van der Waals surface area (Å²) in [6.07, 6.45) is 9.72. The Labute approximate surface area is 108 Å². The molecule has 1 fully saturated rings. The van der Waals surface area contributed by atoms with Crippen LogP contribution in [-0.2, 0) is 0 Å². The van der Waals surface area contributed by atoms with E-state index in [1.54, 1.807) is 0 Å². The molecule has 2 nitrogen and oxygen atoms in total. The predicted octanol–water partition coefficient (Wildman–Crippen LogP) is 3.28. The monoisotopic (exact) mass is 240 g/mol. The van der Waals surface area contributed by atoms with Gasteiger partial charge in [-0.15, -0.1) is 0 Å². The van der Waals surface area contributed by atoms with Crippen molar-refractivity contribution in [2.24, 2.45) is 5.92 Å². The summed E-state index contributed by atoms with van der Waals surface area (Å²) in [6.45, 7) is 8.23. The van der Waals surface area contributed by atoms with Gasteiger partial charge in [0.25, 0.3) is 0 Å². The van der Waals surface area contributed by atoms with Crippen molar-refractivity contribution >= 4 is 0 Å². The number of hydrogen-bond acceptors (Lipinski definition) is 2. The van der Waals surface area contributed by atoms with Gasteiger partial charge in [-0.05, 0) is 38.8 Å². The summed E-state index contributed by atoms with van der Waals surface area (Å²) in [7, 11) is 2.30. The molecular weight excluding hydrogens is 208 g/mol. The molecule has 0 aromatic rings. The molecule has 17 heavy (non-hydrogen) atoms. The van der Waals surface area contributed by atoms with E-state index in [2.05, 4.69) is 31.1 Å². The molecule has 0 saturated heterocycles. The van der Waals surface area contributed by atoms with E-state index in [0.29, 0.717) is 0 Å². The summed E-state index contributed by atoms with van der Waals surface area (Å²) in [5.41, 5.74) is 0. The Bertz CT molecular complexity index is 182. The van der Waals surface area contributed by atoms with Crippen LogP contribution in [0.4, 0.5) is 0 Å². The summed E-state index contributed by atoms with van der Waals surface area (Å²) in [5.74, 6) is 0.939. The minimum absolute atomic E-state index is 0.844. The van der Waals surface area contributed by atoms with Crippen molar-refractivity contribution in [2.75, 3.05) is 26.7 Å². The van der Waals surface area contributed by atoms with E-state index in [0.717, 1.165) is 18.5 Å². The molecule has 0 aliphatic heterocycles. The largest absolute Gasteiger partial charge is 0.315 e. The average Bonchev–Trinajstić information content (AvgIpc) is 2.33. The maximum absolute atomic E-state index is 3.56. The van der Waals surface area contributed by atoms with Gasteiger partial charge in [0, 0.05) is 19.1 Å². The van der Waals surface area contributed by atoms with E-state index in [1.807, 2.05) is 0 Å². The van der Waals surface area contributed by atoms with Gasteiger partial charge in [-0.25, -0.2) is 0 Å². The highest BCUT2D eigenvalue weighted by atomic mass is 15.1. The van der Waals surface area contributed by atoms with Gasteiger partial charge in [-0.2, -0.15) is 0 Å². The van der Waals surface area contributed by atoms with Crippen molar-refractivity contribution in [3.63, 3.8) is 0 Å². The van der Waals surface area contributed by atoms with Crippen LogP contribution < -0.4 is 5.32 Å². The highest BCUT2D eigenvalue weighted by Crippen LogP contribution is 2.26. The average molecular weight is 240 g/mol. The number of likely N-dealkylation sites (N-methyl/N-ethyl adjacent to an activating group) is 1. The molecule has 0 bridgehead atoms. The van der Waals surface area contributed by atoms with Crippen LogP contribution in [0.2, 0.25) is 0 Å². The van der Waals surface area contributed by atoms with Crippen molar-refractivity contribution in [3.8, 4) is 0 Å². The third-order valence-corrected chi connectivity index (χ3v) is 4.13. The van der Waals surface area contributed by atoms with Crippen LogP contribution in [-0.4, -0.2) is 37.6 Å². The zero-order valence-electron chi connectivity index (χ0n) is 12.2. The standard InChI is InChI=1S/C15H32N2/c1-4-5-6-10-16-11-12-17(3)15-9-7-8-14(2)13-15/h14-16H,4-13H2,1-3H3. The lowest BCUT2D eigenvalue weighted by Gasteiger charge is -2.34. The van der Waals surface area contributed by atoms with Gasteiger partial charge in [-0.3, -0.25) is 0 Å². The second kappa shape index (κ2) is 8.93. The van der Waals surface area contributed by atoms with Crippen LogP contribution in [0.3, 0.4) is 0 Å². The zero-order chi connectivity index (χ0) is 12.5. The summed E-state index contributed by atoms with van der Waals surface area (Å²) >= 11 is 0. The Morgan fingerprint density at radius 1 is 1.18 bits per heavy atom. The first-order valence-corrected chi connectivity index (χ1v) is 7.65. The van der Waals surface area contributed by atoms with Gasteiger partial charge >= 0.3 is 0 Å². The van der Waals surface area contributed by atoms with Crippen LogP contribution in [0.15, 0.2) is 0 Å². The van der Waals surface area contributed by atoms with Crippen molar-refractivity contribution in [3.05, 3.63) is 0 Å². The SMILES string of the molecule is CCCCCNCCN(C)C1CCCC(C)C1. The Balaban J connectivity index is 2.02. The fourth-order valence-corrected chi connectivity index (χ4v) is 2.87. The molecule has 1 N–H and O–H groups in total. The second-order valence-corrected chi connectivity index (χ2v) is 5.86. The van der Waals surface area contributed by atoms with Gasteiger partial charge in [-0.1, -0.05) is 39.5 Å². The lowest BCUT2D eigenvalue weighted by atomic mass is 9.86. The van der Waals surface area contributed by atoms with Crippen LogP contribution in [0.1, 0.15) is 58.8 Å². The fraction of sp³-hybridized carbons (Fsp3) is 1.00. The van der Waals surface area contributed by atoms with Crippen LogP contribution in [0.25, 0.3) is 0 Å². The zero-order valence-corrected chi connectivity index (χ0v) is 12.2. The lowest BCUT2D eigenvalue weighted by molar-refractivity contribution is 0.165. The summed E-state index contributed by atoms with van der Waals surface area (Å²) in [6, 6.07) is 0.844. The first kappa shape index (κ1) is 15.0. The molecule has 0 aromatic heterocycles. The Hall–Kier alpha value is -0.0800. The maximum atomic E-state index is 3.56. The van der Waals surface area contributed by atoms with Crippen molar-refractivity contribution in [1.82, 2.24) is 10.2 Å². The third kappa shape index (κ3) is 6.42. The molecule has 1 rings (SSSR count). The van der Waals surface area contributed by atoms with Crippen LogP contribution >= 0.6 is 0 Å². The molecule has 0 heterocycles. The van der Waals surface area contributed by atoms with Gasteiger partial charge < -0.3 is 10.2 Å². The number of nitrogens with zero attached hydrogens (tertiary/aromatic N) is 1. The molecule has 1 saturated carbocycles. The molecule has 0 radical (unpaired) electrons. The molecule has 1 aliphatic carbocycles. The smallest absolute Gasteiger partial charge is 0.0107 e. The number of hydrogen-bond donors (Lipinski definition) is 1. The third-order valence-electron chi connectivity index (χ3n) is 4.13. The molecule has 2 unspecified atom stereocenters. The topological polar surface area (TPSA) is 15.3 Å². The summed E-state index contributed by atoms with van der Waals surface area (Å²) in [5, 5.41) is 3.56. The highest BCUT2D eigenvalue weighted by Gasteiger charge is 2.21. The summed E-state index contributed by atoms with van der Waals surface area (Å²) < 4.78 is 0. The van der Waals surface area contributed by atoms with E-state index in [4.69, 9.17) is 0 Å². The van der Waals surface area contributed by atoms with E-state index < -0.39 is 0 Å². The predicted molar refractivity (Wildman–Crippen MR) is 76.4 cm³/mol. The van der Waals surface area contributed by atoms with Crippen molar-refractivity contribution in [1.29, 1.82) is 0 Å². The minimum atomic E-state index is 0.844. The highest BCUT2D eigenvalue weighted by molar-refractivity contribution is 4.77. The lowest BCUT2D eigenvalue weighted by Crippen LogP contribution is -2.39. The van der Waals surface area contributed by atoms with E-state index >= 15 is 0 Å². The molecule has 0 spiro atoms. The van der Waals surface area contributed by atoms with Crippen LogP contribution in [0, 0.1) is 5.92 Å². The van der Waals surface area contributed by atoms with Gasteiger partial charge in [0.05, 0.1) is 0 Å². The van der Waals surface area contributed by atoms with Crippen molar-refractivity contribution < 1.29 is 0 Å². The molecule has 0 amide bonds. The fourth-order valence-electron chi connectivity index (χ4n) is 2.87. The maximum Gasteiger partial charge on any atom is 0.0107 e. The summed E-state index contributed by atoms with van der Waals surface area (Å²) in [4.78, 5) is 2.57. The first-order valence-electron chi connectivity index (χ1n) is 7.65. The quantitative estimate of drug-likeness (QED) is 0.655. The molecule has 102 valence electrons. The molecule has 1 aliphatic rings. The van der Waals surface area contributed by atoms with Gasteiger partial charge in [0.15, 0.2) is 0 Å². The number of nitrogens with one attached hydrogen (secondary N) is 1. The Morgan fingerprint density at radius 3 is 2.71 bits per heavy atom. The van der Waals surface area contributed by atoms with E-state index in [9.17, 15) is 0 Å². The van der Waals surface area contributed by atoms with Crippen LogP contribution in [0.5, 0.6) is 0 Å². The van der Waals surface area contributed by atoms with Gasteiger partial charge in [0.2, 0.25) is 0 Å². The second-order valence-electron chi connectivity index (χ2n) is 5.86. The molecular formula is C15H32N2. The Kier molecular flexibility index (Phi) is 7.87. The van der Waals surface area contributed by atoms with Crippen molar-refractivity contribution in [2.45, 2.75) is 64.8 Å². The minimum Gasteiger partial charge on any atom is -0.315 e. The van der Waals surface area contributed by atoms with Gasteiger partial charge in [0.1, 0.15) is 0 Å². The number of rotatable bonds is 8. The number of unbranched alkanes of at least 4 members (excludes halogenated alkanes) is 2.